The van der Waals surface area contributed by atoms with Gasteiger partial charge in [0.2, 0.25) is 0 Å². The van der Waals surface area contributed by atoms with Crippen molar-refractivity contribution >= 4 is 0 Å². The van der Waals surface area contributed by atoms with Crippen molar-refractivity contribution < 1.29 is 4.74 Å². The Hall–Kier alpha value is -0.860. The smallest absolute Gasteiger partial charge is 0.0792 e. The molecule has 1 N–H and O–H groups in total. The Kier molecular flexibility index (Phi) is 4.79. The van der Waals surface area contributed by atoms with Crippen molar-refractivity contribution in [2.75, 3.05) is 13.7 Å². The van der Waals surface area contributed by atoms with Crippen LogP contribution in [0.15, 0.2) is 30.3 Å². The summed E-state index contributed by atoms with van der Waals surface area (Å²) in [6.45, 7) is 5.41. The SMILES string of the molecule is CNC(c1ccccc1)C(OCC1CC1)C(C)C. The van der Waals surface area contributed by atoms with Crippen LogP contribution in [0.3, 0.4) is 0 Å². The topological polar surface area (TPSA) is 21.3 Å². The summed E-state index contributed by atoms with van der Waals surface area (Å²) in [7, 11) is 2.02. The lowest BCUT2D eigenvalue weighted by Gasteiger charge is -2.30. The summed E-state index contributed by atoms with van der Waals surface area (Å²) in [5.41, 5.74) is 1.31. The number of rotatable bonds is 7. The molecular weight excluding hydrogens is 222 g/mol. The molecule has 0 radical (unpaired) electrons. The van der Waals surface area contributed by atoms with Crippen molar-refractivity contribution in [3.8, 4) is 0 Å². The molecule has 100 valence electrons. The summed E-state index contributed by atoms with van der Waals surface area (Å²) < 4.78 is 6.17. The van der Waals surface area contributed by atoms with Crippen molar-refractivity contribution in [1.82, 2.24) is 5.32 Å². The van der Waals surface area contributed by atoms with E-state index < -0.39 is 0 Å². The van der Waals surface area contributed by atoms with Gasteiger partial charge in [0.05, 0.1) is 12.1 Å². The lowest BCUT2D eigenvalue weighted by molar-refractivity contribution is -0.00799. The van der Waals surface area contributed by atoms with Gasteiger partial charge in [-0.1, -0.05) is 44.2 Å². The molecule has 0 heterocycles. The Labute approximate surface area is 111 Å². The van der Waals surface area contributed by atoms with Gasteiger partial charge in [0.1, 0.15) is 0 Å². The second-order valence-electron chi connectivity index (χ2n) is 5.66. The van der Waals surface area contributed by atoms with Gasteiger partial charge in [0.25, 0.3) is 0 Å². The van der Waals surface area contributed by atoms with Crippen LogP contribution in [0.5, 0.6) is 0 Å². The van der Waals surface area contributed by atoms with Crippen LogP contribution >= 0.6 is 0 Å². The fraction of sp³-hybridized carbons (Fsp3) is 0.625. The second-order valence-corrected chi connectivity index (χ2v) is 5.66. The maximum atomic E-state index is 6.17. The first-order valence-electron chi connectivity index (χ1n) is 7.06. The fourth-order valence-electron chi connectivity index (χ4n) is 2.39. The maximum absolute atomic E-state index is 6.17. The van der Waals surface area contributed by atoms with Crippen LogP contribution in [0.25, 0.3) is 0 Å². The molecule has 2 heteroatoms. The standard InChI is InChI=1S/C16H25NO/c1-12(2)16(18-11-13-9-10-13)15(17-3)14-7-5-4-6-8-14/h4-8,12-13,15-17H,9-11H2,1-3H3. The average Bonchev–Trinajstić information content (AvgIpc) is 3.19. The van der Waals surface area contributed by atoms with Crippen LogP contribution in [0.1, 0.15) is 38.3 Å². The van der Waals surface area contributed by atoms with Gasteiger partial charge in [-0.2, -0.15) is 0 Å². The van der Waals surface area contributed by atoms with E-state index in [0.717, 1.165) is 12.5 Å². The molecule has 1 aromatic rings. The van der Waals surface area contributed by atoms with Crippen molar-refractivity contribution in [2.45, 2.75) is 38.8 Å². The molecule has 1 saturated carbocycles. The van der Waals surface area contributed by atoms with Crippen LogP contribution < -0.4 is 5.32 Å². The zero-order chi connectivity index (χ0) is 13.0. The van der Waals surface area contributed by atoms with E-state index in [1.165, 1.54) is 18.4 Å². The van der Waals surface area contributed by atoms with Gasteiger partial charge in [-0.25, -0.2) is 0 Å². The van der Waals surface area contributed by atoms with Crippen LogP contribution in [0, 0.1) is 11.8 Å². The summed E-state index contributed by atoms with van der Waals surface area (Å²) in [5, 5.41) is 3.42. The zero-order valence-electron chi connectivity index (χ0n) is 11.7. The Morgan fingerprint density at radius 1 is 1.22 bits per heavy atom. The molecule has 0 aliphatic heterocycles. The molecule has 18 heavy (non-hydrogen) atoms. The van der Waals surface area contributed by atoms with Crippen LogP contribution in [-0.4, -0.2) is 19.8 Å². The van der Waals surface area contributed by atoms with E-state index >= 15 is 0 Å². The van der Waals surface area contributed by atoms with E-state index in [1.807, 2.05) is 7.05 Å². The second kappa shape index (κ2) is 6.35. The predicted molar refractivity (Wildman–Crippen MR) is 75.5 cm³/mol. The van der Waals surface area contributed by atoms with Gasteiger partial charge in [-0.3, -0.25) is 0 Å². The number of hydrogen-bond donors (Lipinski definition) is 1. The van der Waals surface area contributed by atoms with E-state index in [4.69, 9.17) is 4.74 Å². The molecule has 0 spiro atoms. The molecule has 2 atom stereocenters. The molecule has 1 aliphatic carbocycles. The Balaban J connectivity index is 2.05. The third-order valence-electron chi connectivity index (χ3n) is 3.68. The van der Waals surface area contributed by atoms with Gasteiger partial charge in [0.15, 0.2) is 0 Å². The molecule has 1 aliphatic rings. The minimum Gasteiger partial charge on any atom is -0.376 e. The summed E-state index contributed by atoms with van der Waals surface area (Å²) in [4.78, 5) is 0. The third-order valence-corrected chi connectivity index (χ3v) is 3.68. The number of likely N-dealkylation sites (N-methyl/N-ethyl adjacent to an activating group) is 1. The third kappa shape index (κ3) is 3.56. The molecule has 2 unspecified atom stereocenters. The molecule has 1 fully saturated rings. The van der Waals surface area contributed by atoms with Crippen LogP contribution in [0.4, 0.5) is 0 Å². The lowest BCUT2D eigenvalue weighted by Crippen LogP contribution is -2.36. The number of hydrogen-bond acceptors (Lipinski definition) is 2. The largest absolute Gasteiger partial charge is 0.376 e. The molecule has 0 amide bonds. The first-order valence-corrected chi connectivity index (χ1v) is 7.06. The van der Waals surface area contributed by atoms with Gasteiger partial charge in [0, 0.05) is 6.61 Å². The van der Waals surface area contributed by atoms with Gasteiger partial charge in [-0.15, -0.1) is 0 Å². The fourth-order valence-corrected chi connectivity index (χ4v) is 2.39. The van der Waals surface area contributed by atoms with Crippen molar-refractivity contribution in [2.24, 2.45) is 11.8 Å². The summed E-state index contributed by atoms with van der Waals surface area (Å²) in [6.07, 6.45) is 2.94. The van der Waals surface area contributed by atoms with Crippen molar-refractivity contribution in [1.29, 1.82) is 0 Å². The number of ether oxygens (including phenoxy) is 1. The molecule has 1 aromatic carbocycles. The summed E-state index contributed by atoms with van der Waals surface area (Å²) >= 11 is 0. The highest BCUT2D eigenvalue weighted by Gasteiger charge is 2.29. The Bertz CT molecular complexity index is 345. The van der Waals surface area contributed by atoms with Crippen LogP contribution in [0.2, 0.25) is 0 Å². The van der Waals surface area contributed by atoms with Gasteiger partial charge >= 0.3 is 0 Å². The van der Waals surface area contributed by atoms with Crippen molar-refractivity contribution in [3.63, 3.8) is 0 Å². The first kappa shape index (κ1) is 13.6. The summed E-state index contributed by atoms with van der Waals surface area (Å²) in [5.74, 6) is 1.33. The number of benzene rings is 1. The Morgan fingerprint density at radius 3 is 2.39 bits per heavy atom. The van der Waals surface area contributed by atoms with Crippen molar-refractivity contribution in [3.05, 3.63) is 35.9 Å². The quantitative estimate of drug-likeness (QED) is 0.797. The van der Waals surface area contributed by atoms with Gasteiger partial charge < -0.3 is 10.1 Å². The van der Waals surface area contributed by atoms with E-state index in [1.54, 1.807) is 0 Å². The average molecular weight is 247 g/mol. The van der Waals surface area contributed by atoms with E-state index in [-0.39, 0.29) is 12.1 Å². The zero-order valence-corrected chi connectivity index (χ0v) is 11.7. The minimum atomic E-state index is 0.248. The molecule has 0 saturated heterocycles. The van der Waals surface area contributed by atoms with Gasteiger partial charge in [-0.05, 0) is 37.3 Å². The normalized spacial score (nSPS) is 18.9. The van der Waals surface area contributed by atoms with E-state index in [9.17, 15) is 0 Å². The molecule has 0 aromatic heterocycles. The predicted octanol–water partition coefficient (Wildman–Crippen LogP) is 3.40. The molecular formula is C16H25NO. The monoisotopic (exact) mass is 247 g/mol. The maximum Gasteiger partial charge on any atom is 0.0792 e. The molecule has 0 bridgehead atoms. The highest BCUT2D eigenvalue weighted by Crippen LogP contribution is 2.32. The first-order chi connectivity index (χ1) is 8.72. The molecule has 2 rings (SSSR count). The molecule has 2 nitrogen and oxygen atoms in total. The summed E-state index contributed by atoms with van der Waals surface area (Å²) in [6, 6.07) is 10.9. The Morgan fingerprint density at radius 2 is 1.89 bits per heavy atom. The lowest BCUT2D eigenvalue weighted by atomic mass is 9.93. The van der Waals surface area contributed by atoms with Crippen LogP contribution in [-0.2, 0) is 4.74 Å². The van der Waals surface area contributed by atoms with E-state index in [0.29, 0.717) is 5.92 Å². The number of nitrogens with one attached hydrogen (secondary N) is 1. The highest BCUT2D eigenvalue weighted by atomic mass is 16.5. The minimum absolute atomic E-state index is 0.248. The highest BCUT2D eigenvalue weighted by molar-refractivity contribution is 5.20. The van der Waals surface area contributed by atoms with E-state index in [2.05, 4.69) is 49.5 Å².